The quantitative estimate of drug-likeness (QED) is 0.726. The molecule has 1 unspecified atom stereocenters. The van der Waals surface area contributed by atoms with Crippen molar-refractivity contribution in [3.8, 4) is 0 Å². The minimum absolute atomic E-state index is 0.0975. The SMILES string of the molecule is C[C@@H]1CC=CC(O)(CCC2OCCO2)C1. The molecule has 1 aliphatic carbocycles. The van der Waals surface area contributed by atoms with Crippen molar-refractivity contribution in [3.05, 3.63) is 12.2 Å². The van der Waals surface area contributed by atoms with Gasteiger partial charge in [-0.15, -0.1) is 0 Å². The van der Waals surface area contributed by atoms with E-state index in [0.717, 1.165) is 25.7 Å². The van der Waals surface area contributed by atoms with Gasteiger partial charge in [-0.2, -0.15) is 0 Å². The van der Waals surface area contributed by atoms with Gasteiger partial charge in [0.2, 0.25) is 0 Å². The predicted octanol–water partition coefficient (Wildman–Crippen LogP) is 1.86. The van der Waals surface area contributed by atoms with Crippen LogP contribution >= 0.6 is 0 Å². The lowest BCUT2D eigenvalue weighted by Gasteiger charge is -2.31. The summed E-state index contributed by atoms with van der Waals surface area (Å²) >= 11 is 0. The molecule has 0 saturated carbocycles. The van der Waals surface area contributed by atoms with Crippen LogP contribution in [0.1, 0.15) is 32.6 Å². The van der Waals surface area contributed by atoms with E-state index < -0.39 is 5.60 Å². The van der Waals surface area contributed by atoms with Crippen LogP contribution in [-0.4, -0.2) is 30.2 Å². The zero-order valence-electron chi connectivity index (χ0n) is 9.32. The third kappa shape index (κ3) is 3.03. The summed E-state index contributed by atoms with van der Waals surface area (Å²) in [5.41, 5.74) is -0.632. The van der Waals surface area contributed by atoms with E-state index >= 15 is 0 Å². The standard InChI is InChI=1S/C12H20O3/c1-10-3-2-5-12(13,9-10)6-4-11-14-7-8-15-11/h2,5,10-11,13H,3-4,6-9H2,1H3/t10-,12?/m1/s1. The third-order valence-corrected chi connectivity index (χ3v) is 3.17. The summed E-state index contributed by atoms with van der Waals surface area (Å²) in [7, 11) is 0. The molecule has 1 saturated heterocycles. The molecule has 0 aromatic rings. The maximum absolute atomic E-state index is 10.3. The van der Waals surface area contributed by atoms with E-state index in [9.17, 15) is 5.11 Å². The van der Waals surface area contributed by atoms with Gasteiger partial charge in [0, 0.05) is 6.42 Å². The molecule has 1 heterocycles. The first kappa shape index (κ1) is 11.1. The Hall–Kier alpha value is -0.380. The molecule has 0 aromatic carbocycles. The largest absolute Gasteiger partial charge is 0.386 e. The number of rotatable bonds is 3. The van der Waals surface area contributed by atoms with Gasteiger partial charge < -0.3 is 14.6 Å². The van der Waals surface area contributed by atoms with Gasteiger partial charge in [-0.3, -0.25) is 0 Å². The zero-order valence-corrected chi connectivity index (χ0v) is 9.32. The van der Waals surface area contributed by atoms with Gasteiger partial charge in [0.05, 0.1) is 18.8 Å². The molecule has 0 bridgehead atoms. The summed E-state index contributed by atoms with van der Waals surface area (Å²) in [6, 6.07) is 0. The minimum Gasteiger partial charge on any atom is -0.386 e. The molecule has 86 valence electrons. The van der Waals surface area contributed by atoms with Crippen LogP contribution in [0.3, 0.4) is 0 Å². The lowest BCUT2D eigenvalue weighted by atomic mass is 9.81. The van der Waals surface area contributed by atoms with Crippen molar-refractivity contribution in [3.63, 3.8) is 0 Å². The van der Waals surface area contributed by atoms with Crippen molar-refractivity contribution >= 4 is 0 Å². The molecule has 0 amide bonds. The average Bonchev–Trinajstić information content (AvgIpc) is 2.67. The Morgan fingerprint density at radius 2 is 2.13 bits per heavy atom. The summed E-state index contributed by atoms with van der Waals surface area (Å²) in [6.45, 7) is 3.56. The van der Waals surface area contributed by atoms with Crippen LogP contribution < -0.4 is 0 Å². The highest BCUT2D eigenvalue weighted by Gasteiger charge is 2.30. The molecular weight excluding hydrogens is 192 g/mol. The van der Waals surface area contributed by atoms with E-state index in [4.69, 9.17) is 9.47 Å². The van der Waals surface area contributed by atoms with Crippen molar-refractivity contribution < 1.29 is 14.6 Å². The average molecular weight is 212 g/mol. The Bertz CT molecular complexity index is 233. The molecule has 3 heteroatoms. The van der Waals surface area contributed by atoms with Crippen LogP contribution in [0.15, 0.2) is 12.2 Å². The van der Waals surface area contributed by atoms with E-state index in [0.29, 0.717) is 19.1 Å². The van der Waals surface area contributed by atoms with Crippen molar-refractivity contribution in [2.75, 3.05) is 13.2 Å². The Kier molecular flexibility index (Phi) is 3.44. The van der Waals surface area contributed by atoms with Crippen LogP contribution in [0.5, 0.6) is 0 Å². The Balaban J connectivity index is 1.81. The zero-order chi connectivity index (χ0) is 10.7. The van der Waals surface area contributed by atoms with Crippen LogP contribution in [0.25, 0.3) is 0 Å². The number of hydrogen-bond acceptors (Lipinski definition) is 3. The van der Waals surface area contributed by atoms with Crippen molar-refractivity contribution in [1.29, 1.82) is 0 Å². The first-order valence-corrected chi connectivity index (χ1v) is 5.81. The van der Waals surface area contributed by atoms with Gasteiger partial charge in [-0.1, -0.05) is 19.1 Å². The number of allylic oxidation sites excluding steroid dienone is 1. The fraction of sp³-hybridized carbons (Fsp3) is 0.833. The first-order valence-electron chi connectivity index (χ1n) is 5.81. The normalized spacial score (nSPS) is 37.3. The van der Waals surface area contributed by atoms with E-state index in [1.54, 1.807) is 0 Å². The molecule has 15 heavy (non-hydrogen) atoms. The maximum atomic E-state index is 10.3. The molecule has 0 aromatic heterocycles. The fourth-order valence-corrected chi connectivity index (χ4v) is 2.40. The molecule has 2 rings (SSSR count). The molecular formula is C12H20O3. The predicted molar refractivity (Wildman–Crippen MR) is 57.4 cm³/mol. The van der Waals surface area contributed by atoms with Gasteiger partial charge in [0.1, 0.15) is 0 Å². The highest BCUT2D eigenvalue weighted by Crippen LogP contribution is 2.31. The van der Waals surface area contributed by atoms with E-state index in [1.165, 1.54) is 0 Å². The monoisotopic (exact) mass is 212 g/mol. The summed E-state index contributed by atoms with van der Waals surface area (Å²) in [5.74, 6) is 0.574. The number of ether oxygens (including phenoxy) is 2. The lowest BCUT2D eigenvalue weighted by Crippen LogP contribution is -2.32. The lowest BCUT2D eigenvalue weighted by molar-refractivity contribution is -0.0633. The summed E-state index contributed by atoms with van der Waals surface area (Å²) in [6.07, 6.45) is 7.40. The van der Waals surface area contributed by atoms with Crippen molar-refractivity contribution in [2.24, 2.45) is 5.92 Å². The molecule has 0 spiro atoms. The molecule has 2 aliphatic rings. The second-order valence-corrected chi connectivity index (χ2v) is 4.76. The molecule has 3 nitrogen and oxygen atoms in total. The van der Waals surface area contributed by atoms with Gasteiger partial charge in [0.15, 0.2) is 6.29 Å². The van der Waals surface area contributed by atoms with Gasteiger partial charge in [-0.05, 0) is 25.2 Å². The number of aliphatic hydroxyl groups is 1. The van der Waals surface area contributed by atoms with Crippen LogP contribution in [0, 0.1) is 5.92 Å². The van der Waals surface area contributed by atoms with Crippen LogP contribution in [-0.2, 0) is 9.47 Å². The van der Waals surface area contributed by atoms with Gasteiger partial charge in [-0.25, -0.2) is 0 Å². The van der Waals surface area contributed by atoms with E-state index in [1.807, 2.05) is 6.08 Å². The minimum atomic E-state index is -0.632. The molecule has 1 N–H and O–H groups in total. The van der Waals surface area contributed by atoms with Gasteiger partial charge in [0.25, 0.3) is 0 Å². The second kappa shape index (κ2) is 4.64. The summed E-state index contributed by atoms with van der Waals surface area (Å²) in [4.78, 5) is 0. The highest BCUT2D eigenvalue weighted by molar-refractivity contribution is 5.06. The smallest absolute Gasteiger partial charge is 0.157 e. The van der Waals surface area contributed by atoms with Crippen molar-refractivity contribution in [2.45, 2.75) is 44.5 Å². The summed E-state index contributed by atoms with van der Waals surface area (Å²) in [5, 5.41) is 10.3. The maximum Gasteiger partial charge on any atom is 0.157 e. The van der Waals surface area contributed by atoms with Crippen LogP contribution in [0.2, 0.25) is 0 Å². The molecule has 1 fully saturated rings. The molecule has 1 aliphatic heterocycles. The Labute approximate surface area is 91.1 Å². The number of hydrogen-bond donors (Lipinski definition) is 1. The summed E-state index contributed by atoms with van der Waals surface area (Å²) < 4.78 is 10.7. The Morgan fingerprint density at radius 1 is 1.40 bits per heavy atom. The first-order chi connectivity index (χ1) is 7.18. The highest BCUT2D eigenvalue weighted by atomic mass is 16.7. The molecule has 2 atom stereocenters. The second-order valence-electron chi connectivity index (χ2n) is 4.76. The van der Waals surface area contributed by atoms with Crippen LogP contribution in [0.4, 0.5) is 0 Å². The topological polar surface area (TPSA) is 38.7 Å². The fourth-order valence-electron chi connectivity index (χ4n) is 2.40. The van der Waals surface area contributed by atoms with E-state index in [-0.39, 0.29) is 6.29 Å². The third-order valence-electron chi connectivity index (χ3n) is 3.17. The van der Waals surface area contributed by atoms with Crippen molar-refractivity contribution in [1.82, 2.24) is 0 Å². The van der Waals surface area contributed by atoms with Gasteiger partial charge >= 0.3 is 0 Å². The van der Waals surface area contributed by atoms with E-state index in [2.05, 4.69) is 13.0 Å². The Morgan fingerprint density at radius 3 is 2.80 bits per heavy atom. The molecule has 0 radical (unpaired) electrons.